The summed E-state index contributed by atoms with van der Waals surface area (Å²) in [5.41, 5.74) is 0.991. The Balaban J connectivity index is 1.78. The summed E-state index contributed by atoms with van der Waals surface area (Å²) in [6.45, 7) is 3.25. The topological polar surface area (TPSA) is 79.5 Å². The van der Waals surface area contributed by atoms with Crippen molar-refractivity contribution >= 4 is 5.91 Å². The van der Waals surface area contributed by atoms with Crippen LogP contribution in [0.4, 0.5) is 0 Å². The monoisotopic (exact) mass is 329 g/mol. The minimum Gasteiger partial charge on any atom is -0.425 e. The van der Waals surface area contributed by atoms with Gasteiger partial charge in [-0.2, -0.15) is 0 Å². The Hall–Kier alpha value is -2.21. The molecule has 2 unspecified atom stereocenters. The number of aliphatic hydroxyl groups is 1. The molecule has 1 fully saturated rings. The number of amides is 1. The molecule has 1 aromatic heterocycles. The zero-order valence-electron chi connectivity index (χ0n) is 13.9. The van der Waals surface area contributed by atoms with Crippen molar-refractivity contribution in [3.8, 4) is 0 Å². The molecule has 0 bridgehead atoms. The van der Waals surface area contributed by atoms with Gasteiger partial charge < -0.3 is 14.4 Å². The average molecular weight is 329 g/mol. The van der Waals surface area contributed by atoms with Gasteiger partial charge in [0.1, 0.15) is 0 Å². The van der Waals surface area contributed by atoms with Crippen LogP contribution >= 0.6 is 0 Å². The molecular weight excluding hydrogens is 306 g/mol. The summed E-state index contributed by atoms with van der Waals surface area (Å²) in [6.07, 6.45) is 2.21. The van der Waals surface area contributed by atoms with Crippen LogP contribution < -0.4 is 0 Å². The van der Waals surface area contributed by atoms with Crippen molar-refractivity contribution in [3.05, 3.63) is 47.7 Å². The van der Waals surface area contributed by atoms with Crippen LogP contribution in [0.15, 0.2) is 34.7 Å². The molecule has 128 valence electrons. The lowest BCUT2D eigenvalue weighted by Crippen LogP contribution is -2.41. The number of carbonyl (C=O) groups excluding carboxylic acids is 1. The number of aryl methyl sites for hydroxylation is 1. The highest BCUT2D eigenvalue weighted by molar-refractivity contribution is 5.77. The lowest BCUT2D eigenvalue weighted by atomic mass is 9.93. The van der Waals surface area contributed by atoms with Crippen molar-refractivity contribution in [1.29, 1.82) is 0 Å². The van der Waals surface area contributed by atoms with Crippen LogP contribution in [0, 0.1) is 12.8 Å². The van der Waals surface area contributed by atoms with Crippen LogP contribution in [-0.2, 0) is 4.79 Å². The number of piperidine rings is 1. The van der Waals surface area contributed by atoms with Gasteiger partial charge in [-0.1, -0.05) is 30.3 Å². The van der Waals surface area contributed by atoms with E-state index in [-0.39, 0.29) is 24.3 Å². The van der Waals surface area contributed by atoms with Crippen LogP contribution in [0.25, 0.3) is 0 Å². The molecule has 1 aliphatic heterocycles. The molecule has 2 heterocycles. The summed E-state index contributed by atoms with van der Waals surface area (Å²) in [4.78, 5) is 14.6. The zero-order chi connectivity index (χ0) is 16.9. The van der Waals surface area contributed by atoms with Crippen LogP contribution in [0.1, 0.15) is 42.5 Å². The summed E-state index contributed by atoms with van der Waals surface area (Å²) in [5.74, 6) is 0.982. The summed E-state index contributed by atoms with van der Waals surface area (Å²) < 4.78 is 5.60. The molecule has 2 aromatic rings. The second kappa shape index (κ2) is 7.57. The van der Waals surface area contributed by atoms with Crippen molar-refractivity contribution in [2.75, 3.05) is 19.7 Å². The molecule has 0 spiro atoms. The number of hydrogen-bond acceptors (Lipinski definition) is 5. The molecule has 1 aliphatic rings. The van der Waals surface area contributed by atoms with Crippen molar-refractivity contribution in [2.45, 2.75) is 32.1 Å². The maximum absolute atomic E-state index is 12.8. The molecule has 6 heteroatoms. The second-order valence-corrected chi connectivity index (χ2v) is 6.36. The summed E-state index contributed by atoms with van der Waals surface area (Å²) >= 11 is 0. The van der Waals surface area contributed by atoms with Gasteiger partial charge in [0.25, 0.3) is 0 Å². The third-order valence-corrected chi connectivity index (χ3v) is 4.55. The predicted octanol–water partition coefficient (Wildman–Crippen LogP) is 2.13. The largest absolute Gasteiger partial charge is 0.425 e. The molecule has 1 N–H and O–H groups in total. The number of likely N-dealkylation sites (tertiary alicyclic amines) is 1. The first-order chi connectivity index (χ1) is 11.7. The molecule has 0 aliphatic carbocycles. The molecule has 3 rings (SSSR count). The number of aromatic nitrogens is 2. The van der Waals surface area contributed by atoms with Crippen LogP contribution in [-0.4, -0.2) is 45.8 Å². The van der Waals surface area contributed by atoms with E-state index in [4.69, 9.17) is 4.42 Å². The Morgan fingerprint density at radius 1 is 1.38 bits per heavy atom. The smallest absolute Gasteiger partial charge is 0.224 e. The first-order valence-corrected chi connectivity index (χ1v) is 8.41. The Bertz CT molecular complexity index is 671. The highest BCUT2D eigenvalue weighted by Gasteiger charge is 2.28. The van der Waals surface area contributed by atoms with Crippen molar-refractivity contribution in [2.24, 2.45) is 5.92 Å². The van der Waals surface area contributed by atoms with Gasteiger partial charge >= 0.3 is 0 Å². The van der Waals surface area contributed by atoms with Crippen molar-refractivity contribution < 1.29 is 14.3 Å². The molecule has 1 amide bonds. The fraction of sp³-hybridized carbons (Fsp3) is 0.500. The minimum atomic E-state index is -0.241. The molecule has 1 aromatic carbocycles. The third kappa shape index (κ3) is 3.82. The van der Waals surface area contributed by atoms with Gasteiger partial charge in [0, 0.05) is 33.0 Å². The van der Waals surface area contributed by atoms with Gasteiger partial charge in [-0.15, -0.1) is 10.2 Å². The van der Waals surface area contributed by atoms with E-state index in [0.717, 1.165) is 24.9 Å². The number of benzene rings is 1. The van der Waals surface area contributed by atoms with Crippen molar-refractivity contribution in [1.82, 2.24) is 15.1 Å². The van der Waals surface area contributed by atoms with E-state index in [1.54, 1.807) is 6.92 Å². The van der Waals surface area contributed by atoms with E-state index in [2.05, 4.69) is 10.2 Å². The van der Waals surface area contributed by atoms with E-state index in [9.17, 15) is 9.90 Å². The molecule has 24 heavy (non-hydrogen) atoms. The highest BCUT2D eigenvalue weighted by Crippen LogP contribution is 2.28. The van der Waals surface area contributed by atoms with E-state index >= 15 is 0 Å². The van der Waals surface area contributed by atoms with Crippen LogP contribution in [0.2, 0.25) is 0 Å². The molecule has 0 saturated carbocycles. The van der Waals surface area contributed by atoms with Gasteiger partial charge in [-0.25, -0.2) is 0 Å². The van der Waals surface area contributed by atoms with Crippen LogP contribution in [0.3, 0.4) is 0 Å². The number of carbonyl (C=O) groups is 1. The molecule has 0 radical (unpaired) electrons. The second-order valence-electron chi connectivity index (χ2n) is 6.36. The number of aliphatic hydroxyl groups excluding tert-OH is 1. The Morgan fingerprint density at radius 3 is 2.83 bits per heavy atom. The normalized spacial score (nSPS) is 19.2. The maximum Gasteiger partial charge on any atom is 0.224 e. The zero-order valence-corrected chi connectivity index (χ0v) is 13.9. The molecular formula is C18H23N3O3. The summed E-state index contributed by atoms with van der Waals surface area (Å²) in [5, 5.41) is 17.4. The van der Waals surface area contributed by atoms with Crippen LogP contribution in [0.5, 0.6) is 0 Å². The average Bonchev–Trinajstić information content (AvgIpc) is 3.06. The van der Waals surface area contributed by atoms with Crippen molar-refractivity contribution in [3.63, 3.8) is 0 Å². The van der Waals surface area contributed by atoms with Gasteiger partial charge in [0.15, 0.2) is 0 Å². The van der Waals surface area contributed by atoms with Gasteiger partial charge in [0.05, 0.1) is 5.92 Å². The molecule has 6 nitrogen and oxygen atoms in total. The Kier molecular flexibility index (Phi) is 5.25. The van der Waals surface area contributed by atoms with Gasteiger partial charge in [0.2, 0.25) is 17.7 Å². The Morgan fingerprint density at radius 2 is 2.17 bits per heavy atom. The summed E-state index contributed by atoms with van der Waals surface area (Å²) in [7, 11) is 0. The van der Waals surface area contributed by atoms with Gasteiger partial charge in [-0.3, -0.25) is 4.79 Å². The lowest BCUT2D eigenvalue weighted by molar-refractivity contribution is -0.133. The minimum absolute atomic E-state index is 0.0675. The predicted molar refractivity (Wildman–Crippen MR) is 88.3 cm³/mol. The lowest BCUT2D eigenvalue weighted by Gasteiger charge is -2.32. The molecule has 1 saturated heterocycles. The first kappa shape index (κ1) is 16.6. The van der Waals surface area contributed by atoms with Gasteiger partial charge in [-0.05, 0) is 24.3 Å². The maximum atomic E-state index is 12.8. The van der Waals surface area contributed by atoms with E-state index < -0.39 is 0 Å². The third-order valence-electron chi connectivity index (χ3n) is 4.55. The number of nitrogens with zero attached hydrogens (tertiary/aromatic N) is 3. The fourth-order valence-electron chi connectivity index (χ4n) is 3.23. The number of rotatable bonds is 5. The quantitative estimate of drug-likeness (QED) is 0.909. The Labute approximate surface area is 141 Å². The number of hydrogen-bond donors (Lipinski definition) is 1. The standard InChI is InChI=1S/C18H23N3O3/c1-13-19-20-18(24-13)16(15-7-3-2-4-8-15)10-17(23)21-9-5-6-14(11-21)12-22/h2-4,7-8,14,16,22H,5-6,9-12H2,1H3. The molecule has 2 atom stereocenters. The fourth-order valence-corrected chi connectivity index (χ4v) is 3.23. The highest BCUT2D eigenvalue weighted by atomic mass is 16.4. The van der Waals surface area contributed by atoms with E-state index in [1.807, 2.05) is 35.2 Å². The summed E-state index contributed by atoms with van der Waals surface area (Å²) in [6, 6.07) is 9.78. The van der Waals surface area contributed by atoms with E-state index in [1.165, 1.54) is 0 Å². The first-order valence-electron chi connectivity index (χ1n) is 8.41. The SMILES string of the molecule is Cc1nnc(C(CC(=O)N2CCCC(CO)C2)c2ccccc2)o1. The van der Waals surface area contributed by atoms with E-state index in [0.29, 0.717) is 24.7 Å².